The van der Waals surface area contributed by atoms with Gasteiger partial charge in [-0.05, 0) is 36.8 Å². The lowest BCUT2D eigenvalue weighted by Gasteiger charge is -2.35. The maximum absolute atomic E-state index is 6.02. The van der Waals surface area contributed by atoms with Gasteiger partial charge in [0.25, 0.3) is 0 Å². The van der Waals surface area contributed by atoms with E-state index in [9.17, 15) is 0 Å². The molecule has 0 aromatic carbocycles. The van der Waals surface area contributed by atoms with Crippen molar-refractivity contribution in [2.45, 2.75) is 31.8 Å². The predicted octanol–water partition coefficient (Wildman–Crippen LogP) is 2.54. The molecule has 5 heteroatoms. The summed E-state index contributed by atoms with van der Waals surface area (Å²) in [5, 5.41) is 4.45. The Morgan fingerprint density at radius 3 is 3.05 bits per heavy atom. The van der Waals surface area contributed by atoms with Crippen molar-refractivity contribution in [1.82, 2.24) is 14.7 Å². The molecule has 0 amide bonds. The quantitative estimate of drug-likeness (QED) is 0.822. The molecule has 0 spiro atoms. The number of rotatable bonds is 6. The molecule has 1 aliphatic heterocycles. The summed E-state index contributed by atoms with van der Waals surface area (Å²) < 4.78 is 13.3. The Kier molecular flexibility index (Phi) is 3.76. The summed E-state index contributed by atoms with van der Waals surface area (Å²) in [5.41, 5.74) is 3.90. The predicted molar refractivity (Wildman–Crippen MR) is 82.3 cm³/mol. The van der Waals surface area contributed by atoms with Gasteiger partial charge in [-0.3, -0.25) is 9.58 Å². The zero-order valence-corrected chi connectivity index (χ0v) is 13.1. The molecule has 0 N–H and O–H groups in total. The van der Waals surface area contributed by atoms with E-state index in [1.807, 2.05) is 30.3 Å². The summed E-state index contributed by atoms with van der Waals surface area (Å²) in [4.78, 5) is 2.49. The lowest BCUT2D eigenvalue weighted by atomic mass is 9.99. The largest absolute Gasteiger partial charge is 0.472 e. The number of aromatic nitrogens is 2. The van der Waals surface area contributed by atoms with Crippen molar-refractivity contribution in [2.75, 3.05) is 19.8 Å². The summed E-state index contributed by atoms with van der Waals surface area (Å²) in [6.45, 7) is 3.60. The van der Waals surface area contributed by atoms with E-state index >= 15 is 0 Å². The molecule has 4 rings (SSSR count). The summed E-state index contributed by atoms with van der Waals surface area (Å²) in [6, 6.07) is 2.32. The Morgan fingerprint density at radius 2 is 2.27 bits per heavy atom. The minimum absolute atomic E-state index is 0.282. The van der Waals surface area contributed by atoms with Crippen LogP contribution in [0.4, 0.5) is 0 Å². The van der Waals surface area contributed by atoms with E-state index in [2.05, 4.69) is 10.00 Å². The average Bonchev–Trinajstić information content (AvgIpc) is 3.05. The van der Waals surface area contributed by atoms with Gasteiger partial charge in [0, 0.05) is 32.3 Å². The Labute approximate surface area is 130 Å². The molecule has 1 aliphatic carbocycles. The van der Waals surface area contributed by atoms with Crippen molar-refractivity contribution in [3.8, 4) is 0 Å². The van der Waals surface area contributed by atoms with Gasteiger partial charge in [0.2, 0.25) is 0 Å². The number of furan rings is 1. The number of hydrogen-bond donors (Lipinski definition) is 0. The highest BCUT2D eigenvalue weighted by Crippen LogP contribution is 2.33. The summed E-state index contributed by atoms with van der Waals surface area (Å²) in [7, 11) is 2.04. The van der Waals surface area contributed by atoms with Gasteiger partial charge in [0.05, 0.1) is 37.1 Å². The van der Waals surface area contributed by atoms with Crippen molar-refractivity contribution < 1.29 is 9.15 Å². The van der Waals surface area contributed by atoms with E-state index in [0.29, 0.717) is 0 Å². The van der Waals surface area contributed by atoms with Gasteiger partial charge in [-0.25, -0.2) is 0 Å². The van der Waals surface area contributed by atoms with Crippen LogP contribution in [0.25, 0.3) is 0 Å². The maximum atomic E-state index is 6.02. The summed E-state index contributed by atoms with van der Waals surface area (Å²) in [5.74, 6) is 0.803. The van der Waals surface area contributed by atoms with Crippen LogP contribution in [0.2, 0.25) is 0 Å². The average molecular weight is 301 g/mol. The van der Waals surface area contributed by atoms with Crippen LogP contribution in [0.3, 0.4) is 0 Å². The molecule has 2 aliphatic rings. The number of hydrogen-bond acceptors (Lipinski definition) is 4. The van der Waals surface area contributed by atoms with Crippen LogP contribution in [0.5, 0.6) is 0 Å². The Bertz CT molecular complexity index is 616. The van der Waals surface area contributed by atoms with Crippen molar-refractivity contribution in [3.63, 3.8) is 0 Å². The molecule has 5 nitrogen and oxygen atoms in total. The minimum Gasteiger partial charge on any atom is -0.472 e. The third-order valence-corrected chi connectivity index (χ3v) is 4.78. The van der Waals surface area contributed by atoms with Gasteiger partial charge in [0.15, 0.2) is 0 Å². The van der Waals surface area contributed by atoms with E-state index in [1.54, 1.807) is 6.26 Å². The fourth-order valence-corrected chi connectivity index (χ4v) is 3.33. The summed E-state index contributed by atoms with van der Waals surface area (Å²) in [6.07, 6.45) is 9.31. The first kappa shape index (κ1) is 14.0. The molecule has 2 aromatic rings. The first-order valence-electron chi connectivity index (χ1n) is 8.15. The van der Waals surface area contributed by atoms with Gasteiger partial charge < -0.3 is 9.15 Å². The van der Waals surface area contributed by atoms with E-state index in [1.165, 1.54) is 29.7 Å². The van der Waals surface area contributed by atoms with Crippen molar-refractivity contribution >= 4 is 0 Å². The highest BCUT2D eigenvalue weighted by Gasteiger charge is 2.31. The highest BCUT2D eigenvalue weighted by atomic mass is 16.5. The lowest BCUT2D eigenvalue weighted by molar-refractivity contribution is 0.0412. The molecule has 118 valence electrons. The molecule has 1 atom stereocenters. The Balaban J connectivity index is 1.52. The van der Waals surface area contributed by atoms with Crippen LogP contribution in [-0.2, 0) is 24.8 Å². The van der Waals surface area contributed by atoms with E-state index in [4.69, 9.17) is 9.15 Å². The van der Waals surface area contributed by atoms with E-state index in [0.717, 1.165) is 38.6 Å². The topological polar surface area (TPSA) is 43.4 Å². The first-order valence-corrected chi connectivity index (χ1v) is 8.15. The Hall–Kier alpha value is -1.59. The molecule has 1 saturated carbocycles. The molecule has 2 aromatic heterocycles. The smallest absolute Gasteiger partial charge is 0.0947 e. The number of aryl methyl sites for hydroxylation is 1. The van der Waals surface area contributed by atoms with Crippen LogP contribution in [-0.4, -0.2) is 34.4 Å². The molecular weight excluding hydrogens is 278 g/mol. The monoisotopic (exact) mass is 301 g/mol. The van der Waals surface area contributed by atoms with E-state index in [-0.39, 0.29) is 6.04 Å². The second kappa shape index (κ2) is 5.89. The maximum Gasteiger partial charge on any atom is 0.0947 e. The molecule has 0 unspecified atom stereocenters. The normalized spacial score (nSPS) is 22.0. The van der Waals surface area contributed by atoms with E-state index < -0.39 is 0 Å². The second-order valence-corrected chi connectivity index (χ2v) is 6.53. The van der Waals surface area contributed by atoms with Crippen LogP contribution in [0, 0.1) is 5.92 Å². The van der Waals surface area contributed by atoms with Gasteiger partial charge in [-0.15, -0.1) is 0 Å². The van der Waals surface area contributed by atoms with Crippen molar-refractivity contribution in [2.24, 2.45) is 13.0 Å². The Morgan fingerprint density at radius 1 is 1.36 bits per heavy atom. The van der Waals surface area contributed by atoms with Crippen LogP contribution in [0.15, 0.2) is 29.2 Å². The molecule has 0 radical (unpaired) electrons. The zero-order valence-electron chi connectivity index (χ0n) is 13.1. The molecule has 0 saturated heterocycles. The van der Waals surface area contributed by atoms with Gasteiger partial charge in [-0.2, -0.15) is 5.10 Å². The highest BCUT2D eigenvalue weighted by molar-refractivity contribution is 5.25. The van der Waals surface area contributed by atoms with Crippen molar-refractivity contribution in [3.05, 3.63) is 41.6 Å². The third-order valence-electron chi connectivity index (χ3n) is 4.78. The SMILES string of the molecule is Cn1ncc2c1[C@H](COCC1CC1)N(Cc1ccoc1)CC2. The standard InChI is InChI=1S/C17H23N3O2/c1-19-17-15(8-18-19)4-6-20(9-14-5-7-21-11-14)16(17)12-22-10-13-2-3-13/h5,7-8,11,13,16H,2-4,6,9-10,12H2,1H3/t16-/m0/s1. The zero-order chi connectivity index (χ0) is 14.9. The van der Waals surface area contributed by atoms with Gasteiger partial charge in [-0.1, -0.05) is 0 Å². The molecule has 0 bridgehead atoms. The van der Waals surface area contributed by atoms with Crippen LogP contribution >= 0.6 is 0 Å². The fourth-order valence-electron chi connectivity index (χ4n) is 3.33. The molecular formula is C17H23N3O2. The number of fused-ring (bicyclic) bond motifs is 1. The number of ether oxygens (including phenoxy) is 1. The van der Waals surface area contributed by atoms with Gasteiger partial charge >= 0.3 is 0 Å². The fraction of sp³-hybridized carbons (Fsp3) is 0.588. The van der Waals surface area contributed by atoms with Gasteiger partial charge in [0.1, 0.15) is 0 Å². The lowest BCUT2D eigenvalue weighted by Crippen LogP contribution is -2.38. The molecule has 22 heavy (non-hydrogen) atoms. The third kappa shape index (κ3) is 2.83. The minimum atomic E-state index is 0.282. The molecule has 3 heterocycles. The van der Waals surface area contributed by atoms with Crippen LogP contribution < -0.4 is 0 Å². The van der Waals surface area contributed by atoms with Crippen LogP contribution in [0.1, 0.15) is 35.7 Å². The van der Waals surface area contributed by atoms with Crippen molar-refractivity contribution in [1.29, 1.82) is 0 Å². The number of nitrogens with zero attached hydrogens (tertiary/aromatic N) is 3. The first-order chi connectivity index (χ1) is 10.8. The molecule has 1 fully saturated rings. The summed E-state index contributed by atoms with van der Waals surface area (Å²) >= 11 is 0. The second-order valence-electron chi connectivity index (χ2n) is 6.53.